The van der Waals surface area contributed by atoms with E-state index in [4.69, 9.17) is 10.1 Å². The Morgan fingerprint density at radius 3 is 2.33 bits per heavy atom. The molecule has 1 atom stereocenters. The van der Waals surface area contributed by atoms with E-state index in [-0.39, 0.29) is 11.7 Å². The molecule has 0 spiro atoms. The van der Waals surface area contributed by atoms with Crippen LogP contribution in [0.15, 0.2) is 48.2 Å². The predicted octanol–water partition coefficient (Wildman–Crippen LogP) is 5.56. The highest BCUT2D eigenvalue weighted by atomic mass is 16.5. The Labute approximate surface area is 161 Å². The normalized spacial score (nSPS) is 16.7. The van der Waals surface area contributed by atoms with Crippen LogP contribution in [-0.2, 0) is 16.1 Å². The summed E-state index contributed by atoms with van der Waals surface area (Å²) in [6, 6.07) is 14.2. The molecule has 1 aliphatic carbocycles. The molecule has 0 unspecified atom stereocenters. The molecule has 0 saturated carbocycles. The molecule has 0 radical (unpaired) electrons. The SMILES string of the molecule is CC(=N)C[C@@H]1CC(=O)C(c2c(C)cc(C)cc2C)=C1OCc1ccccc1. The average molecular weight is 361 g/mol. The van der Waals surface area contributed by atoms with E-state index in [1.807, 2.05) is 30.3 Å². The molecule has 0 aromatic heterocycles. The summed E-state index contributed by atoms with van der Waals surface area (Å²) in [6.07, 6.45) is 0.978. The lowest BCUT2D eigenvalue weighted by Gasteiger charge is -2.18. The van der Waals surface area contributed by atoms with Gasteiger partial charge in [0.15, 0.2) is 5.78 Å². The fraction of sp³-hybridized carbons (Fsp3) is 0.333. The van der Waals surface area contributed by atoms with Crippen molar-refractivity contribution in [1.29, 1.82) is 5.41 Å². The fourth-order valence-electron chi connectivity index (χ4n) is 4.06. The third-order valence-corrected chi connectivity index (χ3v) is 5.04. The van der Waals surface area contributed by atoms with Crippen LogP contribution in [0.5, 0.6) is 0 Å². The summed E-state index contributed by atoms with van der Waals surface area (Å²) in [6.45, 7) is 8.41. The van der Waals surface area contributed by atoms with Crippen molar-refractivity contribution in [2.24, 2.45) is 5.92 Å². The Kier molecular flexibility index (Phi) is 5.59. The standard InChI is InChI=1S/C24H27NO2/c1-15-10-16(2)22(17(3)11-15)23-21(26)13-20(12-18(4)25)24(23)27-14-19-8-6-5-7-9-19/h5-11,20,25H,12-14H2,1-4H3/t20-/m1/s1. The number of allylic oxidation sites excluding steroid dienone is 2. The molecular formula is C24H27NO2. The minimum atomic E-state index is -0.0474. The van der Waals surface area contributed by atoms with Gasteiger partial charge in [-0.1, -0.05) is 48.0 Å². The monoisotopic (exact) mass is 361 g/mol. The van der Waals surface area contributed by atoms with E-state index >= 15 is 0 Å². The topological polar surface area (TPSA) is 50.2 Å². The maximum Gasteiger partial charge on any atom is 0.167 e. The molecule has 0 aliphatic heterocycles. The van der Waals surface area contributed by atoms with Gasteiger partial charge in [0.05, 0.1) is 5.57 Å². The first-order valence-corrected chi connectivity index (χ1v) is 9.43. The minimum absolute atomic E-state index is 0.0474. The van der Waals surface area contributed by atoms with Crippen LogP contribution in [0.1, 0.15) is 47.6 Å². The van der Waals surface area contributed by atoms with Crippen LogP contribution in [0.4, 0.5) is 0 Å². The molecule has 27 heavy (non-hydrogen) atoms. The van der Waals surface area contributed by atoms with Crippen LogP contribution in [0.3, 0.4) is 0 Å². The van der Waals surface area contributed by atoms with E-state index < -0.39 is 0 Å². The summed E-state index contributed by atoms with van der Waals surface area (Å²) in [5.41, 5.74) is 6.76. The first-order valence-electron chi connectivity index (χ1n) is 9.43. The number of rotatable bonds is 6. The van der Waals surface area contributed by atoms with Crippen LogP contribution in [0.2, 0.25) is 0 Å². The van der Waals surface area contributed by atoms with Crippen LogP contribution in [-0.4, -0.2) is 11.5 Å². The number of hydrogen-bond acceptors (Lipinski definition) is 3. The molecule has 1 aliphatic rings. The second kappa shape index (κ2) is 7.91. The van der Waals surface area contributed by atoms with Crippen molar-refractivity contribution in [3.8, 4) is 0 Å². The molecule has 3 rings (SSSR count). The first-order chi connectivity index (χ1) is 12.9. The third-order valence-electron chi connectivity index (χ3n) is 5.04. The minimum Gasteiger partial charge on any atom is -0.492 e. The van der Waals surface area contributed by atoms with Gasteiger partial charge < -0.3 is 10.1 Å². The quantitative estimate of drug-likeness (QED) is 0.685. The Morgan fingerprint density at radius 2 is 1.74 bits per heavy atom. The molecule has 0 fully saturated rings. The Morgan fingerprint density at radius 1 is 1.11 bits per heavy atom. The molecule has 2 aromatic rings. The van der Waals surface area contributed by atoms with Gasteiger partial charge in [-0.2, -0.15) is 0 Å². The van der Waals surface area contributed by atoms with Gasteiger partial charge in [-0.3, -0.25) is 4.79 Å². The summed E-state index contributed by atoms with van der Waals surface area (Å²) in [7, 11) is 0. The second-order valence-corrected chi connectivity index (χ2v) is 7.60. The van der Waals surface area contributed by atoms with Crippen molar-refractivity contribution in [2.45, 2.75) is 47.1 Å². The van der Waals surface area contributed by atoms with Crippen LogP contribution in [0.25, 0.3) is 5.57 Å². The molecule has 0 heterocycles. The lowest BCUT2D eigenvalue weighted by molar-refractivity contribution is -0.113. The van der Waals surface area contributed by atoms with E-state index in [9.17, 15) is 4.79 Å². The molecule has 3 nitrogen and oxygen atoms in total. The second-order valence-electron chi connectivity index (χ2n) is 7.60. The van der Waals surface area contributed by atoms with Crippen molar-refractivity contribution in [3.05, 3.63) is 76.0 Å². The van der Waals surface area contributed by atoms with E-state index in [2.05, 4.69) is 32.9 Å². The number of nitrogens with one attached hydrogen (secondary N) is 1. The van der Waals surface area contributed by atoms with Gasteiger partial charge in [-0.05, 0) is 56.4 Å². The number of ether oxygens (including phenoxy) is 1. The van der Waals surface area contributed by atoms with Crippen molar-refractivity contribution < 1.29 is 9.53 Å². The van der Waals surface area contributed by atoms with Crippen molar-refractivity contribution in [3.63, 3.8) is 0 Å². The fourth-order valence-corrected chi connectivity index (χ4v) is 4.06. The van der Waals surface area contributed by atoms with Gasteiger partial charge in [0.1, 0.15) is 12.4 Å². The lowest BCUT2D eigenvalue weighted by Crippen LogP contribution is -2.08. The number of hydrogen-bond donors (Lipinski definition) is 1. The number of ketones is 1. The van der Waals surface area contributed by atoms with Crippen molar-refractivity contribution in [1.82, 2.24) is 0 Å². The van der Waals surface area contributed by atoms with Crippen molar-refractivity contribution >= 4 is 17.1 Å². The van der Waals surface area contributed by atoms with Gasteiger partial charge in [-0.15, -0.1) is 0 Å². The summed E-state index contributed by atoms with van der Waals surface area (Å²) < 4.78 is 6.24. The number of benzene rings is 2. The molecule has 140 valence electrons. The van der Waals surface area contributed by atoms with E-state index in [0.717, 1.165) is 28.0 Å². The predicted molar refractivity (Wildman–Crippen MR) is 110 cm³/mol. The van der Waals surface area contributed by atoms with Crippen LogP contribution in [0, 0.1) is 32.1 Å². The molecule has 3 heteroatoms. The number of carbonyl (C=O) groups excluding carboxylic acids is 1. The highest BCUT2D eigenvalue weighted by Crippen LogP contribution is 2.41. The molecule has 0 saturated heterocycles. The molecule has 1 N–H and O–H groups in total. The highest BCUT2D eigenvalue weighted by molar-refractivity contribution is 6.24. The zero-order valence-electron chi connectivity index (χ0n) is 16.6. The summed E-state index contributed by atoms with van der Waals surface area (Å²) >= 11 is 0. The summed E-state index contributed by atoms with van der Waals surface area (Å²) in [4.78, 5) is 13.0. The maximum absolute atomic E-state index is 13.0. The molecule has 2 aromatic carbocycles. The van der Waals surface area contributed by atoms with Crippen LogP contribution < -0.4 is 0 Å². The third kappa shape index (κ3) is 4.19. The van der Waals surface area contributed by atoms with Gasteiger partial charge >= 0.3 is 0 Å². The van der Waals surface area contributed by atoms with E-state index in [0.29, 0.717) is 30.7 Å². The maximum atomic E-state index is 13.0. The number of Topliss-reactive ketones (excluding diaryl/α,β-unsaturated/α-hetero) is 1. The highest BCUT2D eigenvalue weighted by Gasteiger charge is 2.36. The number of aryl methyl sites for hydroxylation is 3. The molecule has 0 bridgehead atoms. The average Bonchev–Trinajstić information content (AvgIpc) is 2.88. The summed E-state index contributed by atoms with van der Waals surface area (Å²) in [5, 5.41) is 7.90. The lowest BCUT2D eigenvalue weighted by atomic mass is 9.92. The molecular weight excluding hydrogens is 334 g/mol. The first kappa shape index (κ1) is 19.1. The smallest absolute Gasteiger partial charge is 0.167 e. The molecule has 0 amide bonds. The van der Waals surface area contributed by atoms with Gasteiger partial charge in [-0.25, -0.2) is 0 Å². The Hall–Kier alpha value is -2.68. The Balaban J connectivity index is 2.05. The van der Waals surface area contributed by atoms with Crippen molar-refractivity contribution in [2.75, 3.05) is 0 Å². The van der Waals surface area contributed by atoms with Gasteiger partial charge in [0.25, 0.3) is 0 Å². The van der Waals surface area contributed by atoms with E-state index in [1.54, 1.807) is 6.92 Å². The largest absolute Gasteiger partial charge is 0.492 e. The Bertz CT molecular complexity index is 886. The van der Waals surface area contributed by atoms with Gasteiger partial charge in [0.2, 0.25) is 0 Å². The van der Waals surface area contributed by atoms with Crippen LogP contribution >= 0.6 is 0 Å². The number of carbonyl (C=O) groups is 1. The zero-order valence-corrected chi connectivity index (χ0v) is 16.6. The zero-order chi connectivity index (χ0) is 19.6. The summed E-state index contributed by atoms with van der Waals surface area (Å²) in [5.74, 6) is 0.832. The van der Waals surface area contributed by atoms with Gasteiger partial charge in [0, 0.05) is 18.1 Å². The van der Waals surface area contributed by atoms with E-state index in [1.165, 1.54) is 5.56 Å².